The molecule has 1 spiro atoms. The average Bonchev–Trinajstić information content (AvgIpc) is 3.77. The monoisotopic (exact) mass is 754 g/mol. The van der Waals surface area contributed by atoms with E-state index in [1.807, 2.05) is 41.5 Å². The number of rotatable bonds is 15. The van der Waals surface area contributed by atoms with E-state index < -0.39 is 53.2 Å². The van der Waals surface area contributed by atoms with Crippen molar-refractivity contribution in [3.8, 4) is 0 Å². The third-order valence-corrected chi connectivity index (χ3v) is 12.4. The van der Waals surface area contributed by atoms with Crippen molar-refractivity contribution in [3.05, 3.63) is 12.7 Å². The van der Waals surface area contributed by atoms with Crippen LogP contribution in [0.4, 0.5) is 4.79 Å². The Hall–Kier alpha value is -3.77. The summed E-state index contributed by atoms with van der Waals surface area (Å²) < 4.78 is 0. The van der Waals surface area contributed by atoms with Crippen molar-refractivity contribution in [1.82, 2.24) is 31.1 Å². The molecule has 0 aromatic carbocycles. The van der Waals surface area contributed by atoms with Crippen LogP contribution in [-0.4, -0.2) is 95.0 Å². The molecule has 302 valence electrons. The van der Waals surface area contributed by atoms with Gasteiger partial charge in [-0.25, -0.2) is 4.79 Å². The van der Waals surface area contributed by atoms with E-state index in [0.717, 1.165) is 57.8 Å². The van der Waals surface area contributed by atoms with Gasteiger partial charge in [-0.1, -0.05) is 86.1 Å². The summed E-state index contributed by atoms with van der Waals surface area (Å²) in [5.74, 6) is -3.09. The molecule has 7 amide bonds. The van der Waals surface area contributed by atoms with Crippen LogP contribution >= 0.6 is 0 Å². The Bertz CT molecular complexity index is 1390. The quantitative estimate of drug-likeness (QED) is 0.109. The number of imide groups is 1. The second-order valence-electron chi connectivity index (χ2n) is 17.8. The minimum Gasteiger partial charge on any atom is -0.346 e. The van der Waals surface area contributed by atoms with E-state index in [-0.39, 0.29) is 60.4 Å². The number of ketones is 1. The Morgan fingerprint density at radius 2 is 1.54 bits per heavy atom. The first-order chi connectivity index (χ1) is 25.5. The first-order valence-electron chi connectivity index (χ1n) is 20.5. The van der Waals surface area contributed by atoms with Gasteiger partial charge in [0.25, 0.3) is 5.91 Å². The molecule has 0 bridgehead atoms. The van der Waals surface area contributed by atoms with Crippen LogP contribution < -0.4 is 21.3 Å². The SMILES string of the molecule is C=CCNC(=O)C(=O)C(CCC)NC(=O)[C@@H]1[C@@H](C(C)C)CCN1C(=O)[C@@H](NC(=O)N[C@H](CN1C(=O)CC2(CCCC2)CC1=O)C(C)(C)C)C1CCCCC1. The fourth-order valence-electron chi connectivity index (χ4n) is 9.13. The molecule has 13 nitrogen and oxygen atoms in total. The van der Waals surface area contributed by atoms with E-state index in [1.165, 1.54) is 11.0 Å². The second kappa shape index (κ2) is 18.7. The van der Waals surface area contributed by atoms with Gasteiger partial charge >= 0.3 is 6.03 Å². The van der Waals surface area contributed by atoms with E-state index in [0.29, 0.717) is 32.2 Å². The number of Topliss-reactive ketones (excluding diaryl/α,β-unsaturated/α-hetero) is 1. The molecule has 4 aliphatic rings. The molecule has 4 rings (SSSR count). The molecule has 13 heteroatoms. The highest BCUT2D eigenvalue weighted by Crippen LogP contribution is 2.47. The molecular formula is C41H66N6O7. The summed E-state index contributed by atoms with van der Waals surface area (Å²) in [6.45, 7) is 15.7. The van der Waals surface area contributed by atoms with E-state index in [1.54, 1.807) is 4.90 Å². The van der Waals surface area contributed by atoms with Gasteiger partial charge in [-0.15, -0.1) is 6.58 Å². The Labute approximate surface area is 321 Å². The number of nitrogens with zero attached hydrogens (tertiary/aromatic N) is 2. The summed E-state index contributed by atoms with van der Waals surface area (Å²) in [5.41, 5.74) is -0.756. The number of amides is 7. The van der Waals surface area contributed by atoms with Gasteiger partial charge in [-0.05, 0) is 67.1 Å². The van der Waals surface area contributed by atoms with Gasteiger partial charge < -0.3 is 26.2 Å². The summed E-state index contributed by atoms with van der Waals surface area (Å²) in [6, 6.07) is -4.00. The minimum atomic E-state index is -1.05. The number of piperidine rings is 1. The van der Waals surface area contributed by atoms with Crippen LogP contribution in [0.15, 0.2) is 12.7 Å². The molecular weight excluding hydrogens is 688 g/mol. The highest BCUT2D eigenvalue weighted by atomic mass is 16.2. The lowest BCUT2D eigenvalue weighted by Gasteiger charge is -2.41. The molecule has 0 aromatic heterocycles. The van der Waals surface area contributed by atoms with Gasteiger partial charge in [0, 0.05) is 32.5 Å². The summed E-state index contributed by atoms with van der Waals surface area (Å²) in [7, 11) is 0. The lowest BCUT2D eigenvalue weighted by Crippen LogP contribution is -2.62. The molecule has 5 atom stereocenters. The largest absolute Gasteiger partial charge is 0.346 e. The molecule has 2 aliphatic heterocycles. The van der Waals surface area contributed by atoms with Crippen LogP contribution in [0.3, 0.4) is 0 Å². The van der Waals surface area contributed by atoms with Crippen molar-refractivity contribution in [2.45, 2.75) is 156 Å². The van der Waals surface area contributed by atoms with Crippen LogP contribution in [0.1, 0.15) is 131 Å². The topological polar surface area (TPSA) is 174 Å². The summed E-state index contributed by atoms with van der Waals surface area (Å²) in [4.78, 5) is 98.1. The predicted octanol–water partition coefficient (Wildman–Crippen LogP) is 4.39. The zero-order valence-corrected chi connectivity index (χ0v) is 33.6. The van der Waals surface area contributed by atoms with Gasteiger partial charge in [0.2, 0.25) is 29.4 Å². The van der Waals surface area contributed by atoms with Crippen molar-refractivity contribution >= 4 is 41.4 Å². The van der Waals surface area contributed by atoms with Crippen LogP contribution in [-0.2, 0) is 28.8 Å². The van der Waals surface area contributed by atoms with E-state index in [2.05, 4.69) is 27.8 Å². The molecule has 4 fully saturated rings. The first kappa shape index (κ1) is 43.0. The molecule has 0 aromatic rings. The van der Waals surface area contributed by atoms with Crippen molar-refractivity contribution in [2.24, 2.45) is 28.6 Å². The fraction of sp³-hybridized carbons (Fsp3) is 0.780. The molecule has 54 heavy (non-hydrogen) atoms. The highest BCUT2D eigenvalue weighted by Gasteiger charge is 2.48. The van der Waals surface area contributed by atoms with Gasteiger partial charge in [0.15, 0.2) is 0 Å². The van der Waals surface area contributed by atoms with E-state index in [9.17, 15) is 33.6 Å². The number of hydrogen-bond donors (Lipinski definition) is 4. The number of urea groups is 1. The summed E-state index contributed by atoms with van der Waals surface area (Å²) in [6.07, 6.45) is 11.7. The summed E-state index contributed by atoms with van der Waals surface area (Å²) >= 11 is 0. The number of nitrogens with one attached hydrogen (secondary N) is 4. The summed E-state index contributed by atoms with van der Waals surface area (Å²) in [5, 5.41) is 11.4. The number of carbonyl (C=O) groups is 7. The molecule has 2 saturated carbocycles. The Morgan fingerprint density at radius 1 is 0.907 bits per heavy atom. The molecule has 2 heterocycles. The molecule has 0 radical (unpaired) electrons. The zero-order chi connectivity index (χ0) is 39.8. The first-order valence-corrected chi connectivity index (χ1v) is 20.5. The number of hydrogen-bond acceptors (Lipinski definition) is 7. The zero-order valence-electron chi connectivity index (χ0n) is 33.6. The maximum absolute atomic E-state index is 14.7. The van der Waals surface area contributed by atoms with E-state index in [4.69, 9.17) is 0 Å². The average molecular weight is 755 g/mol. The fourth-order valence-corrected chi connectivity index (χ4v) is 9.13. The standard InChI is InChI=1S/C41H66N6O7/c1-8-15-29(35(50)37(52)42-21-9-2)43-36(51)34-28(26(3)4)18-22-46(34)38(53)33(27-16-11-10-12-17-27)45-39(54)44-30(40(5,6)7)25-47-31(48)23-41(24-32(47)49)19-13-14-20-41/h9,26-30,33-34H,2,8,10-25H2,1,3-7H3,(H,42,52)(H,43,51)(H2,44,45,54)/t28-,29?,30-,33+,34+/m1/s1. The smallest absolute Gasteiger partial charge is 0.315 e. The third-order valence-electron chi connectivity index (χ3n) is 12.4. The molecule has 4 N–H and O–H groups in total. The van der Waals surface area contributed by atoms with Crippen molar-refractivity contribution < 1.29 is 33.6 Å². The maximum atomic E-state index is 14.7. The predicted molar refractivity (Wildman–Crippen MR) is 206 cm³/mol. The van der Waals surface area contributed by atoms with E-state index >= 15 is 0 Å². The molecule has 1 unspecified atom stereocenters. The van der Waals surface area contributed by atoms with Crippen molar-refractivity contribution in [1.29, 1.82) is 0 Å². The van der Waals surface area contributed by atoms with Crippen molar-refractivity contribution in [2.75, 3.05) is 19.6 Å². The van der Waals surface area contributed by atoms with Crippen LogP contribution in [0.25, 0.3) is 0 Å². The lowest BCUT2D eigenvalue weighted by molar-refractivity contribution is -0.154. The Morgan fingerprint density at radius 3 is 2.09 bits per heavy atom. The van der Waals surface area contributed by atoms with Crippen LogP contribution in [0.5, 0.6) is 0 Å². The lowest BCUT2D eigenvalue weighted by atomic mass is 9.76. The van der Waals surface area contributed by atoms with Gasteiger partial charge in [-0.3, -0.25) is 33.7 Å². The van der Waals surface area contributed by atoms with Gasteiger partial charge in [-0.2, -0.15) is 0 Å². The van der Waals surface area contributed by atoms with Crippen LogP contribution in [0.2, 0.25) is 0 Å². The maximum Gasteiger partial charge on any atom is 0.315 e. The van der Waals surface area contributed by atoms with Gasteiger partial charge in [0.1, 0.15) is 12.1 Å². The number of carbonyl (C=O) groups excluding carboxylic acids is 7. The highest BCUT2D eigenvalue weighted by molar-refractivity contribution is 6.38. The van der Waals surface area contributed by atoms with Crippen molar-refractivity contribution in [3.63, 3.8) is 0 Å². The number of likely N-dealkylation sites (tertiary alicyclic amines) is 2. The minimum absolute atomic E-state index is 0.0375. The third kappa shape index (κ3) is 10.5. The second-order valence-corrected chi connectivity index (χ2v) is 17.8. The normalized spacial score (nSPS) is 23.5. The Balaban J connectivity index is 1.54. The molecule has 2 saturated heterocycles. The van der Waals surface area contributed by atoms with Crippen LogP contribution in [0, 0.1) is 28.6 Å². The van der Waals surface area contributed by atoms with Gasteiger partial charge in [0.05, 0.1) is 12.1 Å². The Kier molecular flexibility index (Phi) is 14.9. The molecule has 2 aliphatic carbocycles.